The number of carbonyl (C=O) groups excluding carboxylic acids is 2. The quantitative estimate of drug-likeness (QED) is 0.298. The molecule has 0 aromatic heterocycles. The van der Waals surface area contributed by atoms with Crippen LogP contribution in [-0.4, -0.2) is 43.3 Å². The predicted molar refractivity (Wildman–Crippen MR) is 161 cm³/mol. The van der Waals surface area contributed by atoms with Crippen LogP contribution in [0.15, 0.2) is 77.7 Å². The molecule has 1 unspecified atom stereocenters. The van der Waals surface area contributed by atoms with Crippen LogP contribution in [0, 0.1) is 6.92 Å². The number of hydrogen-bond acceptors (Lipinski definition) is 4. The van der Waals surface area contributed by atoms with Crippen LogP contribution in [0.2, 0.25) is 10.0 Å². The van der Waals surface area contributed by atoms with Crippen molar-refractivity contribution in [3.8, 4) is 0 Å². The van der Waals surface area contributed by atoms with Gasteiger partial charge in [0.15, 0.2) is 0 Å². The molecule has 0 fully saturated rings. The smallest absolute Gasteiger partial charge is 0.264 e. The number of anilines is 1. The summed E-state index contributed by atoms with van der Waals surface area (Å²) in [4.78, 5) is 28.9. The van der Waals surface area contributed by atoms with Gasteiger partial charge in [0, 0.05) is 22.1 Å². The minimum Gasteiger partial charge on any atom is -0.350 e. The SMILES string of the molecule is CCC(C(=O)NC(C)(C)C)N(Cc1ccccc1Cl)C(=O)CN(c1ccccc1C)S(=O)(=O)c1ccc(Cl)cc1. The maximum atomic E-state index is 14.1. The molecule has 214 valence electrons. The number of nitrogens with zero attached hydrogens (tertiary/aromatic N) is 2. The molecule has 3 rings (SSSR count). The summed E-state index contributed by atoms with van der Waals surface area (Å²) in [6.07, 6.45) is 0.312. The Morgan fingerprint density at radius 2 is 1.52 bits per heavy atom. The van der Waals surface area contributed by atoms with E-state index in [-0.39, 0.29) is 17.3 Å². The highest BCUT2D eigenvalue weighted by molar-refractivity contribution is 7.92. The van der Waals surface area contributed by atoms with Crippen LogP contribution in [0.1, 0.15) is 45.2 Å². The van der Waals surface area contributed by atoms with E-state index in [2.05, 4.69) is 5.32 Å². The summed E-state index contributed by atoms with van der Waals surface area (Å²) in [5.41, 5.74) is 1.13. The molecule has 0 spiro atoms. The molecule has 0 saturated heterocycles. The molecule has 0 saturated carbocycles. The zero-order valence-corrected chi connectivity index (χ0v) is 25.6. The fourth-order valence-electron chi connectivity index (χ4n) is 4.27. The number of halogens is 2. The molecular formula is C30H35Cl2N3O4S. The van der Waals surface area contributed by atoms with Crippen molar-refractivity contribution in [1.29, 1.82) is 0 Å². The van der Waals surface area contributed by atoms with E-state index in [0.29, 0.717) is 33.3 Å². The van der Waals surface area contributed by atoms with Crippen LogP contribution in [0.4, 0.5) is 5.69 Å². The lowest BCUT2D eigenvalue weighted by Gasteiger charge is -2.35. The summed E-state index contributed by atoms with van der Waals surface area (Å²) < 4.78 is 29.0. The summed E-state index contributed by atoms with van der Waals surface area (Å²) in [7, 11) is -4.18. The number of benzene rings is 3. The Bertz CT molecular complexity index is 1450. The van der Waals surface area contributed by atoms with Gasteiger partial charge in [-0.3, -0.25) is 13.9 Å². The molecule has 1 N–H and O–H groups in total. The Labute approximate surface area is 247 Å². The normalized spacial score (nSPS) is 12.5. The van der Waals surface area contributed by atoms with E-state index in [1.54, 1.807) is 55.5 Å². The second-order valence-electron chi connectivity index (χ2n) is 10.5. The summed E-state index contributed by atoms with van der Waals surface area (Å²) in [6, 6.07) is 18.9. The van der Waals surface area contributed by atoms with Gasteiger partial charge in [0.2, 0.25) is 11.8 Å². The third kappa shape index (κ3) is 7.77. The van der Waals surface area contributed by atoms with Crippen molar-refractivity contribution in [2.24, 2.45) is 0 Å². The molecule has 0 aliphatic heterocycles. The monoisotopic (exact) mass is 603 g/mol. The molecule has 40 heavy (non-hydrogen) atoms. The molecule has 10 heteroatoms. The zero-order chi connectivity index (χ0) is 29.7. The van der Waals surface area contributed by atoms with E-state index in [0.717, 1.165) is 4.31 Å². The van der Waals surface area contributed by atoms with E-state index in [1.165, 1.54) is 29.2 Å². The molecule has 3 aromatic rings. The lowest BCUT2D eigenvalue weighted by atomic mass is 10.1. The Balaban J connectivity index is 2.10. The number of para-hydroxylation sites is 1. The maximum absolute atomic E-state index is 14.1. The molecule has 1 atom stereocenters. The lowest BCUT2D eigenvalue weighted by Crippen LogP contribution is -2.55. The predicted octanol–water partition coefficient (Wildman–Crippen LogP) is 6.22. The van der Waals surface area contributed by atoms with Crippen LogP contribution in [-0.2, 0) is 26.2 Å². The number of aryl methyl sites for hydroxylation is 1. The Morgan fingerprint density at radius 1 is 0.925 bits per heavy atom. The van der Waals surface area contributed by atoms with E-state index >= 15 is 0 Å². The van der Waals surface area contributed by atoms with Crippen LogP contribution >= 0.6 is 23.2 Å². The average molecular weight is 605 g/mol. The molecule has 0 radical (unpaired) electrons. The Kier molecular flexibility index (Phi) is 10.3. The Morgan fingerprint density at radius 3 is 2.10 bits per heavy atom. The highest BCUT2D eigenvalue weighted by atomic mass is 35.5. The standard InChI is InChI=1S/C30H35Cl2N3O4S/c1-6-26(29(37)33-30(3,4)5)34(19-22-12-8-9-13-25(22)32)28(36)20-35(27-14-10-7-11-21(27)2)40(38,39)24-17-15-23(31)16-18-24/h7-18,26H,6,19-20H2,1-5H3,(H,33,37). The van der Waals surface area contributed by atoms with Gasteiger partial charge in [-0.15, -0.1) is 0 Å². The summed E-state index contributed by atoms with van der Waals surface area (Å²) in [6.45, 7) is 8.65. The average Bonchev–Trinajstić information content (AvgIpc) is 2.88. The van der Waals surface area contributed by atoms with Gasteiger partial charge in [-0.05, 0) is 81.6 Å². The number of rotatable bonds is 10. The number of amides is 2. The molecule has 0 bridgehead atoms. The fourth-order valence-corrected chi connectivity index (χ4v) is 6.07. The number of nitrogens with one attached hydrogen (secondary N) is 1. The minimum absolute atomic E-state index is 0.0110. The van der Waals surface area contributed by atoms with Crippen LogP contribution in [0.25, 0.3) is 0 Å². The second kappa shape index (κ2) is 13.1. The number of hydrogen-bond donors (Lipinski definition) is 1. The summed E-state index contributed by atoms with van der Waals surface area (Å²) in [5, 5.41) is 3.78. The number of carbonyl (C=O) groups is 2. The largest absolute Gasteiger partial charge is 0.350 e. The van der Waals surface area contributed by atoms with E-state index in [9.17, 15) is 18.0 Å². The maximum Gasteiger partial charge on any atom is 0.264 e. The molecule has 0 heterocycles. The second-order valence-corrected chi connectivity index (χ2v) is 13.2. The third-order valence-electron chi connectivity index (χ3n) is 6.25. The first-order chi connectivity index (χ1) is 18.7. The Hall–Kier alpha value is -3.07. The molecular weight excluding hydrogens is 569 g/mol. The van der Waals surface area contributed by atoms with E-state index in [1.807, 2.05) is 27.7 Å². The van der Waals surface area contributed by atoms with E-state index in [4.69, 9.17) is 23.2 Å². The molecule has 7 nitrogen and oxygen atoms in total. The minimum atomic E-state index is -4.18. The van der Waals surface area contributed by atoms with Crippen molar-refractivity contribution < 1.29 is 18.0 Å². The van der Waals surface area contributed by atoms with Crippen molar-refractivity contribution in [2.75, 3.05) is 10.8 Å². The van der Waals surface area contributed by atoms with Crippen molar-refractivity contribution in [3.05, 3.63) is 94.0 Å². The first-order valence-corrected chi connectivity index (χ1v) is 15.1. The van der Waals surface area contributed by atoms with Crippen molar-refractivity contribution in [3.63, 3.8) is 0 Å². The van der Waals surface area contributed by atoms with Crippen molar-refractivity contribution in [1.82, 2.24) is 10.2 Å². The first-order valence-electron chi connectivity index (χ1n) is 12.9. The number of sulfonamides is 1. The molecule has 0 aliphatic carbocycles. The van der Waals surface area contributed by atoms with Gasteiger partial charge in [0.05, 0.1) is 10.6 Å². The zero-order valence-electron chi connectivity index (χ0n) is 23.3. The van der Waals surface area contributed by atoms with Gasteiger partial charge in [-0.2, -0.15) is 0 Å². The molecule has 0 aliphatic rings. The van der Waals surface area contributed by atoms with Gasteiger partial charge in [-0.1, -0.05) is 66.5 Å². The van der Waals surface area contributed by atoms with Crippen LogP contribution < -0.4 is 9.62 Å². The first kappa shape index (κ1) is 31.5. The van der Waals surface area contributed by atoms with Crippen LogP contribution in [0.5, 0.6) is 0 Å². The van der Waals surface area contributed by atoms with Gasteiger partial charge >= 0.3 is 0 Å². The van der Waals surface area contributed by atoms with E-state index < -0.39 is 34.1 Å². The third-order valence-corrected chi connectivity index (χ3v) is 8.64. The van der Waals surface area contributed by atoms with Gasteiger partial charge in [0.1, 0.15) is 12.6 Å². The van der Waals surface area contributed by atoms with Gasteiger partial charge in [0.25, 0.3) is 10.0 Å². The van der Waals surface area contributed by atoms with Crippen molar-refractivity contribution in [2.45, 2.75) is 64.1 Å². The molecule has 2 amide bonds. The van der Waals surface area contributed by atoms with Crippen molar-refractivity contribution >= 4 is 50.7 Å². The van der Waals surface area contributed by atoms with Gasteiger partial charge < -0.3 is 10.2 Å². The van der Waals surface area contributed by atoms with Gasteiger partial charge in [-0.25, -0.2) is 8.42 Å². The molecule has 3 aromatic carbocycles. The summed E-state index contributed by atoms with van der Waals surface area (Å²) >= 11 is 12.4. The lowest BCUT2D eigenvalue weighted by molar-refractivity contribution is -0.141. The highest BCUT2D eigenvalue weighted by Gasteiger charge is 2.35. The highest BCUT2D eigenvalue weighted by Crippen LogP contribution is 2.28. The van der Waals surface area contributed by atoms with Crippen LogP contribution in [0.3, 0.4) is 0 Å². The summed E-state index contributed by atoms with van der Waals surface area (Å²) in [5.74, 6) is -0.880. The fraction of sp³-hybridized carbons (Fsp3) is 0.333. The topological polar surface area (TPSA) is 86.8 Å².